The third-order valence-electron chi connectivity index (χ3n) is 5.99. The van der Waals surface area contributed by atoms with E-state index in [0.717, 1.165) is 12.8 Å². The first-order chi connectivity index (χ1) is 12.2. The number of allylic oxidation sites excluding steroid dienone is 3. The average molecular weight is 362 g/mol. The standard InChI is InChI=1S/C21H30O5/c1-6-15(12(2)14-8-7-9-21(4,5)11-14)18-16-10-17(23)25-19(16)26-20(18)24-13(3)22/h6,8,12,16,18-20H,7,9-11H2,1-5H3. The lowest BCUT2D eigenvalue weighted by atomic mass is 9.70. The summed E-state index contributed by atoms with van der Waals surface area (Å²) in [4.78, 5) is 23.3. The SMILES string of the molecule is CC=C(C(C)C1=CCCC(C)(C)C1)C1C(OC(C)=O)OC2OC(=O)CC21. The Balaban J connectivity index is 1.87. The summed E-state index contributed by atoms with van der Waals surface area (Å²) in [6.45, 7) is 10.2. The Morgan fingerprint density at radius 2 is 2.15 bits per heavy atom. The fraction of sp³-hybridized carbons (Fsp3) is 0.714. The van der Waals surface area contributed by atoms with Crippen LogP contribution in [0.3, 0.4) is 0 Å². The molecule has 3 aliphatic rings. The van der Waals surface area contributed by atoms with Crippen molar-refractivity contribution in [2.45, 2.75) is 72.9 Å². The van der Waals surface area contributed by atoms with Crippen molar-refractivity contribution in [3.05, 3.63) is 23.3 Å². The van der Waals surface area contributed by atoms with E-state index < -0.39 is 12.6 Å². The van der Waals surface area contributed by atoms with Crippen molar-refractivity contribution in [1.82, 2.24) is 0 Å². The van der Waals surface area contributed by atoms with Crippen LogP contribution < -0.4 is 0 Å². The number of hydrogen-bond acceptors (Lipinski definition) is 5. The van der Waals surface area contributed by atoms with Crippen LogP contribution in [-0.4, -0.2) is 24.5 Å². The highest BCUT2D eigenvalue weighted by Crippen LogP contribution is 2.49. The van der Waals surface area contributed by atoms with E-state index in [1.165, 1.54) is 24.5 Å². The molecular formula is C21H30O5. The van der Waals surface area contributed by atoms with Crippen LogP contribution in [0.25, 0.3) is 0 Å². The molecular weight excluding hydrogens is 332 g/mol. The average Bonchev–Trinajstić information content (AvgIpc) is 3.03. The van der Waals surface area contributed by atoms with E-state index in [0.29, 0.717) is 11.8 Å². The van der Waals surface area contributed by atoms with Crippen LogP contribution in [0, 0.1) is 23.2 Å². The van der Waals surface area contributed by atoms with Crippen LogP contribution in [0.5, 0.6) is 0 Å². The van der Waals surface area contributed by atoms with Gasteiger partial charge in [-0.25, -0.2) is 0 Å². The van der Waals surface area contributed by atoms with Gasteiger partial charge in [0.05, 0.1) is 12.3 Å². The van der Waals surface area contributed by atoms with E-state index in [1.807, 2.05) is 6.92 Å². The molecule has 5 atom stereocenters. The van der Waals surface area contributed by atoms with Crippen molar-refractivity contribution in [3.63, 3.8) is 0 Å². The van der Waals surface area contributed by atoms with Gasteiger partial charge in [0.25, 0.3) is 0 Å². The molecule has 0 radical (unpaired) electrons. The molecule has 2 heterocycles. The predicted octanol–water partition coefficient (Wildman–Crippen LogP) is 4.13. The van der Waals surface area contributed by atoms with Crippen molar-refractivity contribution in [2.75, 3.05) is 0 Å². The van der Waals surface area contributed by atoms with E-state index in [9.17, 15) is 9.59 Å². The predicted molar refractivity (Wildman–Crippen MR) is 96.8 cm³/mol. The van der Waals surface area contributed by atoms with Gasteiger partial charge in [0.2, 0.25) is 12.6 Å². The van der Waals surface area contributed by atoms with E-state index in [-0.39, 0.29) is 29.7 Å². The summed E-state index contributed by atoms with van der Waals surface area (Å²) in [6.07, 6.45) is 6.79. The molecule has 26 heavy (non-hydrogen) atoms. The smallest absolute Gasteiger partial charge is 0.308 e. The molecule has 0 aromatic carbocycles. The van der Waals surface area contributed by atoms with Crippen LogP contribution in [0.4, 0.5) is 0 Å². The van der Waals surface area contributed by atoms with Crippen LogP contribution in [0.1, 0.15) is 60.3 Å². The summed E-state index contributed by atoms with van der Waals surface area (Å²) in [6, 6.07) is 0. The van der Waals surface area contributed by atoms with Crippen molar-refractivity contribution >= 4 is 11.9 Å². The Hall–Kier alpha value is -1.62. The van der Waals surface area contributed by atoms with Gasteiger partial charge in [0.1, 0.15) is 0 Å². The van der Waals surface area contributed by atoms with E-state index in [1.54, 1.807) is 0 Å². The minimum Gasteiger partial charge on any atom is -0.435 e. The van der Waals surface area contributed by atoms with Gasteiger partial charge < -0.3 is 14.2 Å². The second kappa shape index (κ2) is 7.18. The molecule has 2 aliphatic heterocycles. The third kappa shape index (κ3) is 3.73. The van der Waals surface area contributed by atoms with E-state index >= 15 is 0 Å². The quantitative estimate of drug-likeness (QED) is 0.556. The number of esters is 2. The first-order valence-corrected chi connectivity index (χ1v) is 9.59. The lowest BCUT2D eigenvalue weighted by Crippen LogP contribution is -2.31. The normalized spacial score (nSPS) is 34.7. The molecule has 5 heteroatoms. The lowest BCUT2D eigenvalue weighted by Gasteiger charge is -2.35. The largest absolute Gasteiger partial charge is 0.435 e. The lowest BCUT2D eigenvalue weighted by molar-refractivity contribution is -0.207. The zero-order valence-corrected chi connectivity index (χ0v) is 16.4. The fourth-order valence-corrected chi connectivity index (χ4v) is 4.70. The van der Waals surface area contributed by atoms with Gasteiger partial charge in [-0.3, -0.25) is 9.59 Å². The minimum absolute atomic E-state index is 0.0994. The van der Waals surface area contributed by atoms with Gasteiger partial charge in [0, 0.05) is 12.8 Å². The molecule has 0 N–H and O–H groups in total. The molecule has 0 aromatic heterocycles. The van der Waals surface area contributed by atoms with Gasteiger partial charge in [-0.05, 0) is 37.5 Å². The molecule has 0 saturated carbocycles. The van der Waals surface area contributed by atoms with Gasteiger partial charge >= 0.3 is 11.9 Å². The number of carbonyl (C=O) groups is 2. The van der Waals surface area contributed by atoms with Crippen molar-refractivity contribution in [3.8, 4) is 0 Å². The van der Waals surface area contributed by atoms with Crippen molar-refractivity contribution in [2.24, 2.45) is 23.2 Å². The van der Waals surface area contributed by atoms with Crippen LogP contribution >= 0.6 is 0 Å². The first-order valence-electron chi connectivity index (χ1n) is 9.59. The molecule has 5 unspecified atom stereocenters. The Labute approximate surface area is 155 Å². The zero-order chi connectivity index (χ0) is 19.1. The van der Waals surface area contributed by atoms with Crippen molar-refractivity contribution in [1.29, 1.82) is 0 Å². The highest BCUT2D eigenvalue weighted by Gasteiger charge is 2.54. The van der Waals surface area contributed by atoms with E-state index in [2.05, 4.69) is 32.9 Å². The second-order valence-electron chi connectivity index (χ2n) is 8.53. The number of hydrogen-bond donors (Lipinski definition) is 0. The third-order valence-corrected chi connectivity index (χ3v) is 5.99. The van der Waals surface area contributed by atoms with Gasteiger partial charge in [0.15, 0.2) is 0 Å². The fourth-order valence-electron chi connectivity index (χ4n) is 4.70. The monoisotopic (exact) mass is 362 g/mol. The maximum atomic E-state index is 11.8. The molecule has 2 fully saturated rings. The summed E-state index contributed by atoms with van der Waals surface area (Å²) in [5.74, 6) is -0.653. The molecule has 0 amide bonds. The number of ether oxygens (including phenoxy) is 3. The van der Waals surface area contributed by atoms with E-state index in [4.69, 9.17) is 14.2 Å². The second-order valence-corrected chi connectivity index (χ2v) is 8.53. The molecule has 5 nitrogen and oxygen atoms in total. The maximum absolute atomic E-state index is 11.8. The molecule has 2 saturated heterocycles. The Kier molecular flexibility index (Phi) is 5.29. The summed E-state index contributed by atoms with van der Waals surface area (Å²) in [7, 11) is 0. The highest BCUT2D eigenvalue weighted by molar-refractivity contribution is 5.72. The molecule has 3 rings (SSSR count). The Morgan fingerprint density at radius 3 is 2.77 bits per heavy atom. The number of carbonyl (C=O) groups excluding carboxylic acids is 2. The minimum atomic E-state index is -0.693. The molecule has 0 spiro atoms. The molecule has 0 aromatic rings. The van der Waals surface area contributed by atoms with Crippen LogP contribution in [0.15, 0.2) is 23.3 Å². The summed E-state index contributed by atoms with van der Waals surface area (Å²) < 4.78 is 16.5. The number of rotatable bonds is 4. The molecule has 0 bridgehead atoms. The number of fused-ring (bicyclic) bond motifs is 1. The maximum Gasteiger partial charge on any atom is 0.308 e. The Bertz CT molecular complexity index is 645. The molecule has 1 aliphatic carbocycles. The van der Waals surface area contributed by atoms with Crippen molar-refractivity contribution < 1.29 is 23.8 Å². The summed E-state index contributed by atoms with van der Waals surface area (Å²) in [5, 5.41) is 0. The zero-order valence-electron chi connectivity index (χ0n) is 16.4. The first kappa shape index (κ1) is 19.2. The van der Waals surface area contributed by atoms with Crippen LogP contribution in [-0.2, 0) is 23.8 Å². The Morgan fingerprint density at radius 1 is 1.42 bits per heavy atom. The summed E-state index contributed by atoms with van der Waals surface area (Å²) in [5.41, 5.74) is 2.89. The van der Waals surface area contributed by atoms with Gasteiger partial charge in [-0.2, -0.15) is 0 Å². The topological polar surface area (TPSA) is 61.8 Å². The van der Waals surface area contributed by atoms with Crippen LogP contribution in [0.2, 0.25) is 0 Å². The van der Waals surface area contributed by atoms with Gasteiger partial charge in [-0.15, -0.1) is 0 Å². The summed E-state index contributed by atoms with van der Waals surface area (Å²) >= 11 is 0. The highest BCUT2D eigenvalue weighted by atomic mass is 16.8. The van der Waals surface area contributed by atoms with Gasteiger partial charge in [-0.1, -0.05) is 44.1 Å². The molecule has 144 valence electrons.